The summed E-state index contributed by atoms with van der Waals surface area (Å²) in [6.07, 6.45) is 2.40. The van der Waals surface area contributed by atoms with E-state index < -0.39 is 11.5 Å². The summed E-state index contributed by atoms with van der Waals surface area (Å²) in [5.41, 5.74) is 4.21. The van der Waals surface area contributed by atoms with Crippen LogP contribution in [0.2, 0.25) is 0 Å². The van der Waals surface area contributed by atoms with Gasteiger partial charge >= 0.3 is 5.63 Å². The lowest BCUT2D eigenvalue weighted by molar-refractivity contribution is -0.117. The van der Waals surface area contributed by atoms with E-state index in [9.17, 15) is 14.7 Å². The highest BCUT2D eigenvalue weighted by atomic mass is 16.4. The second kappa shape index (κ2) is 3.65. The van der Waals surface area contributed by atoms with Crippen LogP contribution in [0.25, 0.3) is 11.0 Å². The minimum absolute atomic E-state index is 0.133. The molecule has 0 radical (unpaired) electrons. The zero-order chi connectivity index (χ0) is 11.7. The van der Waals surface area contributed by atoms with E-state index in [1.54, 1.807) is 0 Å². The summed E-state index contributed by atoms with van der Waals surface area (Å²) in [4.78, 5) is 25.9. The molecule has 0 saturated carbocycles. The standard InChI is InChI=1S/C10H8N2O4/c11-8(13)3-6-9(14)5-1-2-12-4-7(5)16-10(6)15/h1-2,4,14H,3H2,(H2,11,13). The molecule has 0 aliphatic carbocycles. The number of rotatable bonds is 2. The number of aromatic hydroxyl groups is 1. The molecular formula is C10H8N2O4. The summed E-state index contributed by atoms with van der Waals surface area (Å²) < 4.78 is 4.89. The largest absolute Gasteiger partial charge is 0.507 e. The highest BCUT2D eigenvalue weighted by Crippen LogP contribution is 2.25. The molecule has 0 unspecified atom stereocenters. The molecule has 0 bridgehead atoms. The number of carbonyl (C=O) groups is 1. The molecule has 6 heteroatoms. The molecule has 6 nitrogen and oxygen atoms in total. The molecule has 0 aliphatic heterocycles. The molecule has 0 aromatic carbocycles. The number of primary amides is 1. The first-order chi connectivity index (χ1) is 7.59. The Morgan fingerprint density at radius 2 is 2.31 bits per heavy atom. The summed E-state index contributed by atoms with van der Waals surface area (Å²) in [7, 11) is 0. The van der Waals surface area contributed by atoms with Crippen molar-refractivity contribution in [2.45, 2.75) is 6.42 Å². The molecule has 16 heavy (non-hydrogen) atoms. The van der Waals surface area contributed by atoms with Crippen molar-refractivity contribution >= 4 is 16.9 Å². The van der Waals surface area contributed by atoms with E-state index >= 15 is 0 Å². The van der Waals surface area contributed by atoms with Crippen LogP contribution in [0.5, 0.6) is 5.75 Å². The lowest BCUT2D eigenvalue weighted by Crippen LogP contribution is -2.19. The Hall–Kier alpha value is -2.37. The monoisotopic (exact) mass is 220 g/mol. The minimum Gasteiger partial charge on any atom is -0.507 e. The average molecular weight is 220 g/mol. The molecule has 3 N–H and O–H groups in total. The maximum absolute atomic E-state index is 11.4. The normalized spacial score (nSPS) is 10.5. The second-order valence-corrected chi connectivity index (χ2v) is 3.23. The number of amides is 1. The van der Waals surface area contributed by atoms with Crippen LogP contribution in [0, 0.1) is 0 Å². The van der Waals surface area contributed by atoms with Crippen LogP contribution in [-0.2, 0) is 11.2 Å². The van der Waals surface area contributed by atoms with Crippen LogP contribution >= 0.6 is 0 Å². The number of hydrogen-bond donors (Lipinski definition) is 2. The first-order valence-electron chi connectivity index (χ1n) is 4.46. The van der Waals surface area contributed by atoms with E-state index in [1.807, 2.05) is 0 Å². The van der Waals surface area contributed by atoms with Gasteiger partial charge in [0.15, 0.2) is 5.58 Å². The van der Waals surface area contributed by atoms with E-state index in [0.29, 0.717) is 5.39 Å². The molecular weight excluding hydrogens is 212 g/mol. The van der Waals surface area contributed by atoms with Gasteiger partial charge in [0.1, 0.15) is 5.75 Å². The maximum atomic E-state index is 11.4. The maximum Gasteiger partial charge on any atom is 0.343 e. The second-order valence-electron chi connectivity index (χ2n) is 3.23. The number of nitrogens with two attached hydrogens (primary N) is 1. The third-order valence-corrected chi connectivity index (χ3v) is 2.13. The molecule has 2 rings (SSSR count). The topological polar surface area (TPSA) is 106 Å². The molecule has 1 amide bonds. The van der Waals surface area contributed by atoms with Crippen molar-refractivity contribution in [3.05, 3.63) is 34.4 Å². The average Bonchev–Trinajstić information content (AvgIpc) is 2.24. The van der Waals surface area contributed by atoms with Crippen molar-refractivity contribution in [3.8, 4) is 5.75 Å². The van der Waals surface area contributed by atoms with Gasteiger partial charge in [0.2, 0.25) is 5.91 Å². The number of hydrogen-bond acceptors (Lipinski definition) is 5. The van der Waals surface area contributed by atoms with Gasteiger partial charge in [-0.3, -0.25) is 9.78 Å². The Morgan fingerprint density at radius 3 is 3.00 bits per heavy atom. The Balaban J connectivity index is 2.75. The van der Waals surface area contributed by atoms with Crippen molar-refractivity contribution in [2.24, 2.45) is 5.73 Å². The third kappa shape index (κ3) is 1.60. The molecule has 2 heterocycles. The Kier molecular flexibility index (Phi) is 2.32. The van der Waals surface area contributed by atoms with Crippen molar-refractivity contribution in [1.29, 1.82) is 0 Å². The van der Waals surface area contributed by atoms with Crippen molar-refractivity contribution < 1.29 is 14.3 Å². The molecule has 0 saturated heterocycles. The van der Waals surface area contributed by atoms with Gasteiger partial charge in [-0.05, 0) is 6.07 Å². The van der Waals surface area contributed by atoms with Crippen molar-refractivity contribution in [1.82, 2.24) is 4.98 Å². The van der Waals surface area contributed by atoms with E-state index in [4.69, 9.17) is 10.2 Å². The lowest BCUT2D eigenvalue weighted by Gasteiger charge is -2.03. The zero-order valence-electron chi connectivity index (χ0n) is 8.14. The van der Waals surface area contributed by atoms with E-state index in [0.717, 1.165) is 0 Å². The van der Waals surface area contributed by atoms with Crippen LogP contribution < -0.4 is 11.4 Å². The van der Waals surface area contributed by atoms with E-state index in [2.05, 4.69) is 4.98 Å². The fraction of sp³-hybridized carbons (Fsp3) is 0.100. The third-order valence-electron chi connectivity index (χ3n) is 2.13. The Morgan fingerprint density at radius 1 is 1.56 bits per heavy atom. The Labute approximate surface area is 89.3 Å². The fourth-order valence-electron chi connectivity index (χ4n) is 1.41. The smallest absolute Gasteiger partial charge is 0.343 e. The zero-order valence-corrected chi connectivity index (χ0v) is 8.14. The Bertz CT molecular complexity index is 618. The summed E-state index contributed by atoms with van der Waals surface area (Å²) in [5, 5.41) is 10.1. The number of nitrogens with zero attached hydrogens (tertiary/aromatic N) is 1. The number of pyridine rings is 1. The summed E-state index contributed by atoms with van der Waals surface area (Å²) >= 11 is 0. The van der Waals surface area contributed by atoms with Crippen LogP contribution in [0.3, 0.4) is 0 Å². The number of fused-ring (bicyclic) bond motifs is 1. The van der Waals surface area contributed by atoms with Gasteiger partial charge in [-0.2, -0.15) is 0 Å². The van der Waals surface area contributed by atoms with Crippen LogP contribution in [0.1, 0.15) is 5.56 Å². The van der Waals surface area contributed by atoms with Crippen LogP contribution in [-0.4, -0.2) is 16.0 Å². The quantitative estimate of drug-likeness (QED) is 0.736. The van der Waals surface area contributed by atoms with Gasteiger partial charge in [-0.1, -0.05) is 0 Å². The van der Waals surface area contributed by atoms with E-state index in [-0.39, 0.29) is 23.3 Å². The SMILES string of the molecule is NC(=O)Cc1c(O)c2ccncc2oc1=O. The number of carbonyl (C=O) groups excluding carboxylic acids is 1. The fourth-order valence-corrected chi connectivity index (χ4v) is 1.41. The molecule has 82 valence electrons. The summed E-state index contributed by atoms with van der Waals surface area (Å²) in [6.45, 7) is 0. The van der Waals surface area contributed by atoms with Gasteiger partial charge < -0.3 is 15.3 Å². The van der Waals surface area contributed by atoms with Crippen molar-refractivity contribution in [2.75, 3.05) is 0 Å². The van der Waals surface area contributed by atoms with Gasteiger partial charge in [0, 0.05) is 6.20 Å². The molecule has 0 aliphatic rings. The highest BCUT2D eigenvalue weighted by molar-refractivity contribution is 5.85. The van der Waals surface area contributed by atoms with Gasteiger partial charge in [-0.25, -0.2) is 4.79 Å². The molecule has 0 fully saturated rings. The predicted molar refractivity (Wildman–Crippen MR) is 54.8 cm³/mol. The predicted octanol–water partition coefficient (Wildman–Crippen LogP) is -0.0786. The first kappa shape index (κ1) is 10.2. The summed E-state index contributed by atoms with van der Waals surface area (Å²) in [5.74, 6) is -0.997. The van der Waals surface area contributed by atoms with E-state index in [1.165, 1.54) is 18.5 Å². The summed E-state index contributed by atoms with van der Waals surface area (Å²) in [6, 6.07) is 1.48. The lowest BCUT2D eigenvalue weighted by atomic mass is 10.1. The van der Waals surface area contributed by atoms with Crippen LogP contribution in [0.4, 0.5) is 0 Å². The molecule has 0 atom stereocenters. The number of aromatic nitrogens is 1. The van der Waals surface area contributed by atoms with Crippen LogP contribution in [0.15, 0.2) is 27.7 Å². The molecule has 0 spiro atoms. The van der Waals surface area contributed by atoms with Gasteiger partial charge in [-0.15, -0.1) is 0 Å². The first-order valence-corrected chi connectivity index (χ1v) is 4.46. The van der Waals surface area contributed by atoms with Crippen molar-refractivity contribution in [3.63, 3.8) is 0 Å². The van der Waals surface area contributed by atoms with Gasteiger partial charge in [0.25, 0.3) is 0 Å². The molecule has 2 aromatic rings. The molecule has 2 aromatic heterocycles. The highest BCUT2D eigenvalue weighted by Gasteiger charge is 2.15. The minimum atomic E-state index is -0.781. The van der Waals surface area contributed by atoms with Gasteiger partial charge in [0.05, 0.1) is 23.6 Å².